The third kappa shape index (κ3) is 5.28. The fourth-order valence-corrected chi connectivity index (χ4v) is 3.27. The summed E-state index contributed by atoms with van der Waals surface area (Å²) in [6.45, 7) is 7.26. The molecule has 0 fully saturated rings. The minimum Gasteiger partial charge on any atom is -0.497 e. The predicted molar refractivity (Wildman–Crippen MR) is 125 cm³/mol. The molecule has 1 heterocycles. The smallest absolute Gasteiger partial charge is 0.341 e. The summed E-state index contributed by atoms with van der Waals surface area (Å²) in [6, 6.07) is 10.5. The normalized spacial score (nSPS) is 11.1. The maximum Gasteiger partial charge on any atom is 0.341 e. The monoisotopic (exact) mass is 468 g/mol. The number of carboxylic acid groups (broad SMARTS) is 1. The number of nitrogens with zero attached hydrogens (tertiary/aromatic N) is 3. The lowest BCUT2D eigenvalue weighted by molar-refractivity contribution is -0.139. The molecule has 3 aromatic rings. The van der Waals surface area contributed by atoms with Crippen LogP contribution in [-0.2, 0) is 10.2 Å². The molecule has 0 spiro atoms. The summed E-state index contributed by atoms with van der Waals surface area (Å²) in [5.41, 5.74) is 2.20. The van der Waals surface area contributed by atoms with Crippen LogP contribution in [0.1, 0.15) is 42.5 Å². The molecule has 0 aliphatic heterocycles. The molecule has 10 nitrogen and oxygen atoms in total. The van der Waals surface area contributed by atoms with Crippen molar-refractivity contribution in [2.45, 2.75) is 33.1 Å². The summed E-state index contributed by atoms with van der Waals surface area (Å²) < 4.78 is 17.6. The van der Waals surface area contributed by atoms with Crippen LogP contribution in [0.25, 0.3) is 5.69 Å². The number of aliphatic carboxylic acids is 1. The molecule has 0 saturated carbocycles. The Morgan fingerprint density at radius 3 is 2.38 bits per heavy atom. The van der Waals surface area contributed by atoms with Crippen LogP contribution in [0.15, 0.2) is 36.4 Å². The molecule has 2 aromatic carbocycles. The lowest BCUT2D eigenvalue weighted by atomic mass is 9.87. The summed E-state index contributed by atoms with van der Waals surface area (Å²) in [6.07, 6.45) is 0. The third-order valence-electron chi connectivity index (χ3n) is 5.17. The highest BCUT2D eigenvalue weighted by molar-refractivity contribution is 6.04. The van der Waals surface area contributed by atoms with Crippen molar-refractivity contribution in [1.82, 2.24) is 15.0 Å². The van der Waals surface area contributed by atoms with Crippen LogP contribution >= 0.6 is 0 Å². The van der Waals surface area contributed by atoms with Crippen LogP contribution < -0.4 is 19.5 Å². The van der Waals surface area contributed by atoms with Crippen LogP contribution in [0.3, 0.4) is 0 Å². The molecule has 0 bridgehead atoms. The second-order valence-electron chi connectivity index (χ2n) is 8.57. The Morgan fingerprint density at radius 2 is 1.76 bits per heavy atom. The molecule has 0 aliphatic carbocycles. The van der Waals surface area contributed by atoms with Crippen molar-refractivity contribution in [3.8, 4) is 22.9 Å². The topological polar surface area (TPSA) is 125 Å². The summed E-state index contributed by atoms with van der Waals surface area (Å²) in [5.74, 6) is -0.276. The molecule has 10 heteroatoms. The molecule has 34 heavy (non-hydrogen) atoms. The van der Waals surface area contributed by atoms with Gasteiger partial charge in [-0.15, -0.1) is 5.10 Å². The fraction of sp³-hybridized carbons (Fsp3) is 0.333. The number of methoxy groups -OCH3 is 2. The first kappa shape index (κ1) is 24.6. The molecular formula is C24H28N4O6. The number of nitrogens with one attached hydrogen (secondary N) is 1. The second-order valence-corrected chi connectivity index (χ2v) is 8.57. The molecule has 0 unspecified atom stereocenters. The third-order valence-corrected chi connectivity index (χ3v) is 5.17. The van der Waals surface area contributed by atoms with Gasteiger partial charge in [0.25, 0.3) is 5.91 Å². The summed E-state index contributed by atoms with van der Waals surface area (Å²) in [7, 11) is 3.08. The lowest BCUT2D eigenvalue weighted by Crippen LogP contribution is -2.18. The van der Waals surface area contributed by atoms with Crippen LogP contribution in [0.4, 0.5) is 5.69 Å². The van der Waals surface area contributed by atoms with Gasteiger partial charge in [-0.2, -0.15) is 0 Å². The van der Waals surface area contributed by atoms with E-state index in [1.165, 1.54) is 11.8 Å². The highest BCUT2D eigenvalue weighted by atomic mass is 16.5. The Morgan fingerprint density at radius 1 is 1.06 bits per heavy atom. The number of amides is 1. The van der Waals surface area contributed by atoms with E-state index in [-0.39, 0.29) is 16.9 Å². The number of carbonyl (C=O) groups excluding carboxylic acids is 1. The largest absolute Gasteiger partial charge is 0.497 e. The van der Waals surface area contributed by atoms with Crippen molar-refractivity contribution in [3.05, 3.63) is 53.3 Å². The quantitative estimate of drug-likeness (QED) is 0.514. The Labute approximate surface area is 197 Å². The molecule has 0 saturated heterocycles. The maximum atomic E-state index is 13.2. The van der Waals surface area contributed by atoms with Crippen molar-refractivity contribution in [2.24, 2.45) is 0 Å². The van der Waals surface area contributed by atoms with Crippen molar-refractivity contribution >= 4 is 17.6 Å². The van der Waals surface area contributed by atoms with E-state index in [4.69, 9.17) is 19.3 Å². The average Bonchev–Trinajstić information content (AvgIpc) is 3.18. The fourth-order valence-electron chi connectivity index (χ4n) is 3.27. The van der Waals surface area contributed by atoms with E-state index in [9.17, 15) is 9.59 Å². The molecule has 180 valence electrons. The van der Waals surface area contributed by atoms with Gasteiger partial charge in [-0.3, -0.25) is 4.79 Å². The zero-order chi connectivity index (χ0) is 25.0. The van der Waals surface area contributed by atoms with E-state index < -0.39 is 18.5 Å². The number of carboxylic acids is 1. The number of aromatic nitrogens is 3. The summed E-state index contributed by atoms with van der Waals surface area (Å²) in [5, 5.41) is 20.0. The first-order valence-corrected chi connectivity index (χ1v) is 10.5. The van der Waals surface area contributed by atoms with Gasteiger partial charge in [-0.25, -0.2) is 9.48 Å². The summed E-state index contributed by atoms with van der Waals surface area (Å²) in [4.78, 5) is 24.1. The first-order chi connectivity index (χ1) is 16.0. The number of rotatable bonds is 8. The standard InChI is InChI=1S/C24H28N4O6/c1-14-22(26-27-28(14)18-12-16(32-5)8-10-20(18)33-6)23(31)25-17-11-15(24(2,3)4)7-9-19(17)34-13-21(29)30/h7-12H,13H2,1-6H3,(H,25,31)(H,29,30). The van der Waals surface area contributed by atoms with E-state index in [0.717, 1.165) is 5.56 Å². The van der Waals surface area contributed by atoms with Crippen LogP contribution in [0.5, 0.6) is 17.2 Å². The van der Waals surface area contributed by atoms with Gasteiger partial charge in [0.05, 0.1) is 25.6 Å². The molecule has 1 amide bonds. The maximum absolute atomic E-state index is 13.2. The van der Waals surface area contributed by atoms with Crippen LogP contribution in [0, 0.1) is 6.92 Å². The highest BCUT2D eigenvalue weighted by Gasteiger charge is 2.22. The molecule has 0 aliphatic rings. The summed E-state index contributed by atoms with van der Waals surface area (Å²) >= 11 is 0. The molecule has 3 rings (SSSR count). The van der Waals surface area contributed by atoms with E-state index in [0.29, 0.717) is 28.6 Å². The number of hydrogen-bond donors (Lipinski definition) is 2. The van der Waals surface area contributed by atoms with Gasteiger partial charge in [-0.05, 0) is 42.2 Å². The van der Waals surface area contributed by atoms with Crippen molar-refractivity contribution in [2.75, 3.05) is 26.1 Å². The van der Waals surface area contributed by atoms with Gasteiger partial charge in [-0.1, -0.05) is 32.1 Å². The first-order valence-electron chi connectivity index (χ1n) is 10.5. The minimum absolute atomic E-state index is 0.0928. The number of ether oxygens (including phenoxy) is 3. The van der Waals surface area contributed by atoms with Gasteiger partial charge in [0.15, 0.2) is 12.3 Å². The Hall–Kier alpha value is -4.08. The van der Waals surface area contributed by atoms with Crippen molar-refractivity contribution < 1.29 is 28.9 Å². The van der Waals surface area contributed by atoms with Crippen molar-refractivity contribution in [3.63, 3.8) is 0 Å². The number of benzene rings is 2. The predicted octanol–water partition coefficient (Wildman–Crippen LogP) is 3.61. The lowest BCUT2D eigenvalue weighted by Gasteiger charge is -2.21. The van der Waals surface area contributed by atoms with E-state index in [1.54, 1.807) is 44.4 Å². The van der Waals surface area contributed by atoms with Gasteiger partial charge >= 0.3 is 5.97 Å². The molecule has 2 N–H and O–H groups in total. The molecular weight excluding hydrogens is 440 g/mol. The molecule has 0 radical (unpaired) electrons. The highest BCUT2D eigenvalue weighted by Crippen LogP contribution is 2.33. The second kappa shape index (κ2) is 9.82. The Balaban J connectivity index is 1.97. The Kier molecular flexibility index (Phi) is 7.09. The Bertz CT molecular complexity index is 1210. The van der Waals surface area contributed by atoms with Gasteiger partial charge in [0.2, 0.25) is 0 Å². The van der Waals surface area contributed by atoms with Crippen molar-refractivity contribution in [1.29, 1.82) is 0 Å². The zero-order valence-corrected chi connectivity index (χ0v) is 20.0. The van der Waals surface area contributed by atoms with Gasteiger partial charge in [0, 0.05) is 6.07 Å². The van der Waals surface area contributed by atoms with Gasteiger partial charge in [0.1, 0.15) is 22.9 Å². The zero-order valence-electron chi connectivity index (χ0n) is 20.0. The van der Waals surface area contributed by atoms with E-state index >= 15 is 0 Å². The van der Waals surface area contributed by atoms with Crippen LogP contribution in [0.2, 0.25) is 0 Å². The van der Waals surface area contributed by atoms with E-state index in [2.05, 4.69) is 15.6 Å². The number of carbonyl (C=O) groups is 2. The minimum atomic E-state index is -1.12. The average molecular weight is 469 g/mol. The SMILES string of the molecule is COc1ccc(OC)c(-n2nnc(C(=O)Nc3cc(C(C)(C)C)ccc3OCC(=O)O)c2C)c1. The van der Waals surface area contributed by atoms with Crippen LogP contribution in [-0.4, -0.2) is 52.8 Å². The molecule has 0 atom stereocenters. The van der Waals surface area contributed by atoms with Gasteiger partial charge < -0.3 is 24.6 Å². The number of anilines is 1. The van der Waals surface area contributed by atoms with E-state index in [1.807, 2.05) is 26.8 Å². The molecule has 1 aromatic heterocycles. The number of hydrogen-bond acceptors (Lipinski definition) is 7.